The van der Waals surface area contributed by atoms with Gasteiger partial charge in [-0.15, -0.1) is 22.7 Å². The molecule has 2 fully saturated rings. The molecule has 2 amide bonds. The van der Waals surface area contributed by atoms with Crippen LogP contribution in [0.15, 0.2) is 41.5 Å². The summed E-state index contributed by atoms with van der Waals surface area (Å²) in [6, 6.07) is 4.24. The van der Waals surface area contributed by atoms with E-state index >= 15 is 0 Å². The smallest absolute Gasteiger partial charge is 0.246 e. The van der Waals surface area contributed by atoms with Crippen LogP contribution in [0.3, 0.4) is 0 Å². The standard InChI is InChI=1S/C25H29N5O2S2/c1-17(2)30-13-22(26-16-30)21-12-29(23(31)7-6-20-5-4-10-33-20)15-25(21)8-9-28(24(25)32)11-19-14-34-18(3)27-19/h4-7,10,13-14,16-17,21H,8-9,11-12,15H2,1-3H3/b7-6+/t21-,25+/m0/s1. The number of carbonyl (C=O) groups excluding carboxylic acids is 2. The molecule has 34 heavy (non-hydrogen) atoms. The zero-order chi connectivity index (χ0) is 23.9. The number of thiophene rings is 1. The molecule has 178 valence electrons. The predicted octanol–water partition coefficient (Wildman–Crippen LogP) is 4.35. The van der Waals surface area contributed by atoms with Gasteiger partial charge >= 0.3 is 0 Å². The van der Waals surface area contributed by atoms with E-state index in [4.69, 9.17) is 4.98 Å². The summed E-state index contributed by atoms with van der Waals surface area (Å²) in [5.41, 5.74) is 1.18. The van der Waals surface area contributed by atoms with E-state index in [1.54, 1.807) is 28.7 Å². The lowest BCUT2D eigenvalue weighted by Gasteiger charge is -2.27. The number of amides is 2. The number of aromatic nitrogens is 3. The molecular weight excluding hydrogens is 466 g/mol. The zero-order valence-electron chi connectivity index (χ0n) is 19.7. The lowest BCUT2D eigenvalue weighted by atomic mass is 9.75. The molecule has 0 aliphatic carbocycles. The van der Waals surface area contributed by atoms with Crippen LogP contribution in [0.25, 0.3) is 6.08 Å². The molecule has 0 bridgehead atoms. The van der Waals surface area contributed by atoms with Gasteiger partial charge in [-0.2, -0.15) is 0 Å². The van der Waals surface area contributed by atoms with E-state index in [-0.39, 0.29) is 23.8 Å². The first kappa shape index (κ1) is 23.0. The summed E-state index contributed by atoms with van der Waals surface area (Å²) in [6.07, 6.45) is 8.08. The maximum atomic E-state index is 13.9. The van der Waals surface area contributed by atoms with Crippen LogP contribution >= 0.6 is 22.7 Å². The summed E-state index contributed by atoms with van der Waals surface area (Å²) in [4.78, 5) is 41.1. The third kappa shape index (κ3) is 4.22. The van der Waals surface area contributed by atoms with Crippen LogP contribution in [0.4, 0.5) is 0 Å². The normalized spacial score (nSPS) is 22.8. The third-order valence-corrected chi connectivity index (χ3v) is 8.58. The van der Waals surface area contributed by atoms with Crippen LogP contribution in [0.2, 0.25) is 0 Å². The van der Waals surface area contributed by atoms with Crippen LogP contribution < -0.4 is 0 Å². The first-order chi connectivity index (χ1) is 16.4. The minimum atomic E-state index is -0.645. The molecule has 2 atom stereocenters. The Kier molecular flexibility index (Phi) is 6.16. The van der Waals surface area contributed by atoms with Gasteiger partial charge < -0.3 is 14.4 Å². The Hall–Kier alpha value is -2.78. The minimum Gasteiger partial charge on any atom is -0.337 e. The molecule has 3 aromatic rings. The molecule has 7 nitrogen and oxygen atoms in total. The average molecular weight is 496 g/mol. The lowest BCUT2D eigenvalue weighted by molar-refractivity contribution is -0.137. The molecule has 0 radical (unpaired) electrons. The molecule has 0 N–H and O–H groups in total. The van der Waals surface area contributed by atoms with Crippen LogP contribution in [0, 0.1) is 12.3 Å². The second kappa shape index (κ2) is 9.11. The number of carbonyl (C=O) groups is 2. The largest absolute Gasteiger partial charge is 0.337 e. The van der Waals surface area contributed by atoms with Crippen molar-refractivity contribution in [2.75, 3.05) is 19.6 Å². The van der Waals surface area contributed by atoms with E-state index in [1.165, 1.54) is 0 Å². The summed E-state index contributed by atoms with van der Waals surface area (Å²) >= 11 is 3.20. The van der Waals surface area contributed by atoms with Gasteiger partial charge in [0.05, 0.1) is 34.7 Å². The van der Waals surface area contributed by atoms with Crippen molar-refractivity contribution < 1.29 is 9.59 Å². The SMILES string of the molecule is Cc1nc(CN2CC[C@]3(CN(C(=O)/C=C/c4cccs4)C[C@H]3c3cn(C(C)C)cn3)C2=O)cs1. The van der Waals surface area contributed by atoms with Crippen molar-refractivity contribution in [3.63, 3.8) is 0 Å². The highest BCUT2D eigenvalue weighted by atomic mass is 32.1. The lowest BCUT2D eigenvalue weighted by Crippen LogP contribution is -2.40. The van der Waals surface area contributed by atoms with E-state index < -0.39 is 5.41 Å². The number of nitrogens with zero attached hydrogens (tertiary/aromatic N) is 5. The topological polar surface area (TPSA) is 71.3 Å². The van der Waals surface area contributed by atoms with Crippen molar-refractivity contribution in [3.8, 4) is 0 Å². The predicted molar refractivity (Wildman–Crippen MR) is 135 cm³/mol. The van der Waals surface area contributed by atoms with Gasteiger partial charge in [0.2, 0.25) is 11.8 Å². The van der Waals surface area contributed by atoms with Crippen LogP contribution in [0.5, 0.6) is 0 Å². The Balaban J connectivity index is 1.42. The molecule has 1 spiro atoms. The van der Waals surface area contributed by atoms with Gasteiger partial charge in [-0.3, -0.25) is 9.59 Å². The van der Waals surface area contributed by atoms with Crippen molar-refractivity contribution in [2.45, 2.75) is 45.7 Å². The summed E-state index contributed by atoms with van der Waals surface area (Å²) < 4.78 is 2.07. The van der Waals surface area contributed by atoms with Gasteiger partial charge in [-0.05, 0) is 44.7 Å². The first-order valence-electron chi connectivity index (χ1n) is 11.6. The van der Waals surface area contributed by atoms with Crippen LogP contribution in [-0.2, 0) is 16.1 Å². The highest BCUT2D eigenvalue weighted by Crippen LogP contribution is 2.50. The number of likely N-dealkylation sites (tertiary alicyclic amines) is 2. The first-order valence-corrected chi connectivity index (χ1v) is 13.4. The van der Waals surface area contributed by atoms with Crippen molar-refractivity contribution in [2.24, 2.45) is 5.41 Å². The molecule has 0 unspecified atom stereocenters. The number of thiazole rings is 1. The van der Waals surface area contributed by atoms with Gasteiger partial charge in [-0.1, -0.05) is 6.07 Å². The average Bonchev–Trinajstić information content (AvgIpc) is 3.62. The highest BCUT2D eigenvalue weighted by molar-refractivity contribution is 7.10. The van der Waals surface area contributed by atoms with Crippen LogP contribution in [0.1, 0.15) is 53.5 Å². The fraction of sp³-hybridized carbons (Fsp3) is 0.440. The van der Waals surface area contributed by atoms with Crippen molar-refractivity contribution in [3.05, 3.63) is 62.8 Å². The number of imidazole rings is 1. The number of aryl methyl sites for hydroxylation is 1. The Morgan fingerprint density at radius 3 is 2.88 bits per heavy atom. The Labute approximate surface area is 207 Å². The summed E-state index contributed by atoms with van der Waals surface area (Å²) in [5.74, 6) is -0.0685. The van der Waals surface area contributed by atoms with E-state index in [9.17, 15) is 9.59 Å². The zero-order valence-corrected chi connectivity index (χ0v) is 21.3. The van der Waals surface area contributed by atoms with Gasteiger partial charge in [0.15, 0.2) is 0 Å². The number of rotatable bonds is 6. The fourth-order valence-corrected chi connectivity index (χ4v) is 6.29. The van der Waals surface area contributed by atoms with E-state index in [2.05, 4.69) is 23.4 Å². The quantitative estimate of drug-likeness (QED) is 0.477. The van der Waals surface area contributed by atoms with E-state index in [0.29, 0.717) is 32.6 Å². The molecule has 5 heterocycles. The molecule has 2 aliphatic rings. The molecular formula is C25H29N5O2S2. The summed E-state index contributed by atoms with van der Waals surface area (Å²) in [6.45, 7) is 8.31. The third-order valence-electron chi connectivity index (χ3n) is 6.92. The Morgan fingerprint density at radius 2 is 2.21 bits per heavy atom. The van der Waals surface area contributed by atoms with Crippen LogP contribution in [-0.4, -0.2) is 55.8 Å². The maximum Gasteiger partial charge on any atom is 0.246 e. The fourth-order valence-electron chi connectivity index (χ4n) is 5.07. The molecule has 3 aromatic heterocycles. The van der Waals surface area contributed by atoms with Gasteiger partial charge in [0.25, 0.3) is 0 Å². The minimum absolute atomic E-state index is 0.0556. The highest BCUT2D eigenvalue weighted by Gasteiger charge is 2.58. The monoisotopic (exact) mass is 495 g/mol. The molecule has 2 saturated heterocycles. The van der Waals surface area contributed by atoms with Crippen molar-refractivity contribution in [1.82, 2.24) is 24.3 Å². The Morgan fingerprint density at radius 1 is 1.35 bits per heavy atom. The van der Waals surface area contributed by atoms with Crippen molar-refractivity contribution in [1.29, 1.82) is 0 Å². The maximum absolute atomic E-state index is 13.9. The van der Waals surface area contributed by atoms with Gasteiger partial charge in [-0.25, -0.2) is 9.97 Å². The molecule has 0 aromatic carbocycles. The number of hydrogen-bond acceptors (Lipinski definition) is 6. The molecule has 0 saturated carbocycles. The number of hydrogen-bond donors (Lipinski definition) is 0. The molecule has 2 aliphatic heterocycles. The second-order valence-electron chi connectivity index (χ2n) is 9.45. The molecule has 9 heteroatoms. The van der Waals surface area contributed by atoms with E-state index in [0.717, 1.165) is 21.3 Å². The second-order valence-corrected chi connectivity index (χ2v) is 11.5. The van der Waals surface area contributed by atoms with Crippen molar-refractivity contribution >= 4 is 40.6 Å². The Bertz CT molecular complexity index is 1210. The van der Waals surface area contributed by atoms with Gasteiger partial charge in [0.1, 0.15) is 0 Å². The summed E-state index contributed by atoms with van der Waals surface area (Å²) in [5, 5.41) is 5.02. The van der Waals surface area contributed by atoms with E-state index in [1.807, 2.05) is 58.2 Å². The van der Waals surface area contributed by atoms with Gasteiger partial charge in [0, 0.05) is 54.1 Å². The summed E-state index contributed by atoms with van der Waals surface area (Å²) in [7, 11) is 0. The molecule has 5 rings (SSSR count).